The van der Waals surface area contributed by atoms with E-state index >= 15 is 0 Å². The van der Waals surface area contributed by atoms with E-state index in [2.05, 4.69) is 37.1 Å². The Labute approximate surface area is 207 Å². The lowest BCUT2D eigenvalue weighted by molar-refractivity contribution is 0.243. The van der Waals surface area contributed by atoms with Crippen LogP contribution in [0.1, 0.15) is 6.92 Å². The molecule has 1 heterocycles. The van der Waals surface area contributed by atoms with Gasteiger partial charge in [-0.05, 0) is 44.9 Å². The van der Waals surface area contributed by atoms with Gasteiger partial charge in [-0.3, -0.25) is 0 Å². The second-order valence-electron chi connectivity index (χ2n) is 7.22. The van der Waals surface area contributed by atoms with Crippen LogP contribution in [0.15, 0.2) is 53.6 Å². The third-order valence-electron chi connectivity index (χ3n) is 4.97. The molecule has 11 heteroatoms. The number of nitrogens with zero attached hydrogens (tertiary/aromatic N) is 3. The highest BCUT2D eigenvalue weighted by Gasteiger charge is 2.13. The van der Waals surface area contributed by atoms with E-state index in [9.17, 15) is 4.21 Å². The molecule has 182 valence electrons. The number of anilines is 4. The molecule has 3 rings (SSSR count). The van der Waals surface area contributed by atoms with Gasteiger partial charge in [0.2, 0.25) is 5.95 Å². The zero-order valence-electron chi connectivity index (χ0n) is 19.6. The zero-order valence-corrected chi connectivity index (χ0v) is 21.2. The Hall–Kier alpha value is -2.92. The fraction of sp³-hybridized carbons (Fsp3) is 0.304. The van der Waals surface area contributed by atoms with Gasteiger partial charge >= 0.3 is 0 Å². The number of hydrogen-bond donors (Lipinski definition) is 3. The molecule has 3 N–H and O–H groups in total. The van der Waals surface area contributed by atoms with Crippen LogP contribution in [-0.4, -0.2) is 60.0 Å². The Bertz CT molecular complexity index is 1130. The second kappa shape index (κ2) is 12.5. The molecule has 0 bridgehead atoms. The summed E-state index contributed by atoms with van der Waals surface area (Å²) in [5, 5.41) is 6.64. The van der Waals surface area contributed by atoms with Gasteiger partial charge in [0.1, 0.15) is 34.1 Å². The van der Waals surface area contributed by atoms with E-state index in [0.29, 0.717) is 51.2 Å². The molecule has 1 aromatic heterocycles. The fourth-order valence-electron chi connectivity index (χ4n) is 2.96. The van der Waals surface area contributed by atoms with Crippen LogP contribution < -0.4 is 24.8 Å². The smallest absolute Gasteiger partial charge is 0.229 e. The maximum Gasteiger partial charge on any atom is 0.229 e. The first kappa shape index (κ1) is 25.7. The Kier molecular flexibility index (Phi) is 9.46. The van der Waals surface area contributed by atoms with Crippen molar-refractivity contribution in [3.8, 4) is 11.5 Å². The maximum atomic E-state index is 12.3. The van der Waals surface area contributed by atoms with Gasteiger partial charge in [0.15, 0.2) is 5.82 Å². The van der Waals surface area contributed by atoms with Gasteiger partial charge in [-0.1, -0.05) is 30.7 Å². The molecule has 0 radical (unpaired) electrons. The average molecular weight is 505 g/mol. The summed E-state index contributed by atoms with van der Waals surface area (Å²) in [4.78, 5) is 11.5. The Morgan fingerprint density at radius 2 is 1.94 bits per heavy atom. The van der Waals surface area contributed by atoms with Gasteiger partial charge in [-0.2, -0.15) is 4.98 Å². The van der Waals surface area contributed by atoms with Crippen molar-refractivity contribution in [3.05, 3.63) is 53.7 Å². The molecule has 1 unspecified atom stereocenters. The highest BCUT2D eigenvalue weighted by molar-refractivity contribution is 7.83. The van der Waals surface area contributed by atoms with Crippen molar-refractivity contribution >= 4 is 45.7 Å². The predicted octanol–water partition coefficient (Wildman–Crippen LogP) is 4.20. The lowest BCUT2D eigenvalue weighted by Gasteiger charge is -2.16. The first-order valence-electron chi connectivity index (χ1n) is 10.7. The molecule has 0 amide bonds. The highest BCUT2D eigenvalue weighted by Crippen LogP contribution is 2.32. The van der Waals surface area contributed by atoms with Crippen LogP contribution in [0.5, 0.6) is 11.5 Å². The Morgan fingerprint density at radius 1 is 1.15 bits per heavy atom. The monoisotopic (exact) mass is 504 g/mol. The summed E-state index contributed by atoms with van der Waals surface area (Å²) >= 11 is 6.34. The quantitative estimate of drug-likeness (QED) is 0.337. The van der Waals surface area contributed by atoms with E-state index < -0.39 is 11.0 Å². The number of ether oxygens (including phenoxy) is 2. The summed E-state index contributed by atoms with van der Waals surface area (Å²) in [6, 6.07) is 12.7. The fourth-order valence-corrected chi connectivity index (χ4v) is 3.84. The van der Waals surface area contributed by atoms with E-state index in [1.54, 1.807) is 26.3 Å². The molecule has 0 aliphatic heterocycles. The van der Waals surface area contributed by atoms with Crippen LogP contribution in [-0.2, 0) is 11.0 Å². The number of rotatable bonds is 12. The Balaban J connectivity index is 1.81. The van der Waals surface area contributed by atoms with E-state index in [1.165, 1.54) is 6.20 Å². The molecule has 2 aromatic carbocycles. The van der Waals surface area contributed by atoms with Crippen LogP contribution in [0, 0.1) is 0 Å². The number of benzene rings is 2. The van der Waals surface area contributed by atoms with Crippen LogP contribution in [0.4, 0.5) is 23.1 Å². The molecule has 3 aromatic rings. The zero-order chi connectivity index (χ0) is 24.5. The molecule has 0 saturated heterocycles. The summed E-state index contributed by atoms with van der Waals surface area (Å²) in [5.41, 5.74) is 1.26. The van der Waals surface area contributed by atoms with Crippen molar-refractivity contribution in [2.45, 2.75) is 11.8 Å². The van der Waals surface area contributed by atoms with Gasteiger partial charge < -0.3 is 25.0 Å². The van der Waals surface area contributed by atoms with Gasteiger partial charge in [-0.25, -0.2) is 13.9 Å². The van der Waals surface area contributed by atoms with Crippen LogP contribution in [0.3, 0.4) is 0 Å². The lowest BCUT2D eigenvalue weighted by atomic mass is 10.2. The van der Waals surface area contributed by atoms with Gasteiger partial charge in [0, 0.05) is 12.6 Å². The predicted molar refractivity (Wildman–Crippen MR) is 137 cm³/mol. The SMILES string of the molecule is CCN(C)CCOc1ccc(OC)c(Nc2ncc(Cl)c(Nc3ccccc3S(=O)NC)n2)c1. The number of halogens is 1. The molecule has 9 nitrogen and oxygen atoms in total. The van der Waals surface area contributed by atoms with Crippen LogP contribution in [0.25, 0.3) is 0 Å². The number of aromatic nitrogens is 2. The molecular weight excluding hydrogens is 476 g/mol. The summed E-state index contributed by atoms with van der Waals surface area (Å²) in [6.07, 6.45) is 1.49. The summed E-state index contributed by atoms with van der Waals surface area (Å²) in [5.74, 6) is 1.98. The first-order valence-corrected chi connectivity index (χ1v) is 12.2. The molecule has 0 aliphatic rings. The summed E-state index contributed by atoms with van der Waals surface area (Å²) in [6.45, 7) is 4.44. The van der Waals surface area contributed by atoms with Crippen molar-refractivity contribution in [2.75, 3.05) is 51.5 Å². The van der Waals surface area contributed by atoms with E-state index in [1.807, 2.05) is 37.4 Å². The minimum atomic E-state index is -1.38. The van der Waals surface area contributed by atoms with Gasteiger partial charge in [-0.15, -0.1) is 0 Å². The number of hydrogen-bond acceptors (Lipinski definition) is 8. The molecular formula is C23H29ClN6O3S. The van der Waals surface area contributed by atoms with Gasteiger partial charge in [0.05, 0.1) is 29.6 Å². The van der Waals surface area contributed by atoms with Gasteiger partial charge in [0.25, 0.3) is 0 Å². The first-order chi connectivity index (χ1) is 16.4. The van der Waals surface area contributed by atoms with E-state index in [4.69, 9.17) is 21.1 Å². The van der Waals surface area contributed by atoms with Crippen molar-refractivity contribution in [1.82, 2.24) is 19.6 Å². The minimum Gasteiger partial charge on any atom is -0.495 e. The van der Waals surface area contributed by atoms with Crippen LogP contribution >= 0.6 is 11.6 Å². The molecule has 0 aliphatic carbocycles. The van der Waals surface area contributed by atoms with Crippen molar-refractivity contribution in [1.29, 1.82) is 0 Å². The minimum absolute atomic E-state index is 0.306. The molecule has 0 spiro atoms. The standard InChI is InChI=1S/C23H29ClN6O3S/c1-5-30(3)12-13-33-16-10-11-20(32-4)19(14-16)28-23-26-15-17(24)22(29-23)27-18-8-6-7-9-21(18)34(31)25-2/h6-11,14-15,25H,5,12-13H2,1-4H3,(H2,26,27,28,29). The number of para-hydroxylation sites is 1. The topological polar surface area (TPSA) is 101 Å². The number of likely N-dealkylation sites (N-methyl/N-ethyl adjacent to an activating group) is 1. The largest absolute Gasteiger partial charge is 0.495 e. The highest BCUT2D eigenvalue weighted by atomic mass is 35.5. The lowest BCUT2D eigenvalue weighted by Crippen LogP contribution is -2.23. The molecule has 1 atom stereocenters. The average Bonchev–Trinajstić information content (AvgIpc) is 2.86. The Morgan fingerprint density at radius 3 is 2.68 bits per heavy atom. The molecule has 34 heavy (non-hydrogen) atoms. The molecule has 0 saturated carbocycles. The third-order valence-corrected chi connectivity index (χ3v) is 6.37. The normalized spacial score (nSPS) is 11.8. The summed E-state index contributed by atoms with van der Waals surface area (Å²) in [7, 11) is 3.88. The van der Waals surface area contributed by atoms with Crippen molar-refractivity contribution < 1.29 is 13.7 Å². The molecule has 0 fully saturated rings. The second-order valence-corrected chi connectivity index (χ2v) is 9.01. The summed E-state index contributed by atoms with van der Waals surface area (Å²) < 4.78 is 26.4. The van der Waals surface area contributed by atoms with E-state index in [-0.39, 0.29) is 0 Å². The van der Waals surface area contributed by atoms with Crippen molar-refractivity contribution in [2.24, 2.45) is 0 Å². The van der Waals surface area contributed by atoms with E-state index in [0.717, 1.165) is 13.1 Å². The number of nitrogens with one attached hydrogen (secondary N) is 3. The maximum absolute atomic E-state index is 12.3. The van der Waals surface area contributed by atoms with Crippen molar-refractivity contribution in [3.63, 3.8) is 0 Å². The van der Waals surface area contributed by atoms with Crippen LogP contribution in [0.2, 0.25) is 5.02 Å². The third kappa shape index (κ3) is 6.80. The number of methoxy groups -OCH3 is 1.